The van der Waals surface area contributed by atoms with Gasteiger partial charge in [0.1, 0.15) is 18.0 Å². The van der Waals surface area contributed by atoms with Crippen molar-refractivity contribution >= 4 is 29.9 Å². The second-order valence-electron chi connectivity index (χ2n) is 7.01. The molecule has 1 aromatic carbocycles. The highest BCUT2D eigenvalue weighted by Crippen LogP contribution is 2.20. The lowest BCUT2D eigenvalue weighted by atomic mass is 10.1. The van der Waals surface area contributed by atoms with Crippen LogP contribution in [0.3, 0.4) is 0 Å². The minimum Gasteiger partial charge on any atom is -0.378 e. The molecule has 4 rings (SSSR count). The zero-order valence-corrected chi connectivity index (χ0v) is 17.2. The van der Waals surface area contributed by atoms with E-state index in [0.29, 0.717) is 25.2 Å². The number of morpholine rings is 1. The van der Waals surface area contributed by atoms with Crippen LogP contribution in [0.25, 0.3) is 0 Å². The number of nitrogens with two attached hydrogens (primary N) is 1. The molecule has 1 aromatic heterocycles. The fourth-order valence-corrected chi connectivity index (χ4v) is 3.58. The molecule has 2 aliphatic rings. The number of hydrogen-bond acceptors (Lipinski definition) is 7. The second kappa shape index (κ2) is 9.87. The van der Waals surface area contributed by atoms with Crippen LogP contribution in [0, 0.1) is 0 Å². The number of hydrogen-bond donors (Lipinski definition) is 1. The smallest absolute Gasteiger partial charge is 0.253 e. The second-order valence-corrected chi connectivity index (χ2v) is 7.01. The van der Waals surface area contributed by atoms with E-state index >= 15 is 0 Å². The van der Waals surface area contributed by atoms with Gasteiger partial charge in [0.05, 0.1) is 13.2 Å². The first-order valence-corrected chi connectivity index (χ1v) is 9.72. The summed E-state index contributed by atoms with van der Waals surface area (Å²) in [6, 6.07) is 9.58. The van der Waals surface area contributed by atoms with Crippen molar-refractivity contribution in [1.29, 1.82) is 0 Å². The molecule has 9 heteroatoms. The lowest BCUT2D eigenvalue weighted by molar-refractivity contribution is 0.0746. The molecule has 156 valence electrons. The largest absolute Gasteiger partial charge is 0.378 e. The molecule has 0 unspecified atom stereocenters. The van der Waals surface area contributed by atoms with Crippen molar-refractivity contribution < 1.29 is 9.53 Å². The van der Waals surface area contributed by atoms with E-state index in [9.17, 15) is 4.79 Å². The average molecular weight is 419 g/mol. The lowest BCUT2D eigenvalue weighted by Crippen LogP contribution is -2.49. The Hall–Kier alpha value is -2.42. The van der Waals surface area contributed by atoms with Gasteiger partial charge in [-0.3, -0.25) is 4.79 Å². The molecule has 29 heavy (non-hydrogen) atoms. The summed E-state index contributed by atoms with van der Waals surface area (Å²) in [4.78, 5) is 27.9. The van der Waals surface area contributed by atoms with Crippen molar-refractivity contribution in [3.05, 3.63) is 47.8 Å². The molecule has 0 spiro atoms. The minimum atomic E-state index is 0. The van der Waals surface area contributed by atoms with E-state index < -0.39 is 0 Å². The van der Waals surface area contributed by atoms with Crippen LogP contribution in [-0.2, 0) is 11.3 Å². The summed E-state index contributed by atoms with van der Waals surface area (Å²) in [6.07, 6.45) is 1.62. The summed E-state index contributed by atoms with van der Waals surface area (Å²) in [5.74, 6) is 1.92. The minimum absolute atomic E-state index is 0. The standard InChI is InChI=1S/C20H26N6O2.ClH/c21-14-16-1-3-17(4-2-16)20(27)26-7-5-24(6-8-26)18-13-19(23-15-22-18)25-9-11-28-12-10-25;/h1-4,13,15H,5-12,14,21H2;1H. The summed E-state index contributed by atoms with van der Waals surface area (Å²) in [5, 5.41) is 0. The first-order chi connectivity index (χ1) is 13.7. The highest BCUT2D eigenvalue weighted by Gasteiger charge is 2.23. The molecular formula is C20H27ClN6O2. The lowest BCUT2D eigenvalue weighted by Gasteiger charge is -2.36. The number of piperazine rings is 1. The summed E-state index contributed by atoms with van der Waals surface area (Å²) < 4.78 is 5.41. The number of aromatic nitrogens is 2. The molecule has 0 atom stereocenters. The Balaban J connectivity index is 0.00000240. The number of nitrogens with zero attached hydrogens (tertiary/aromatic N) is 5. The Bertz CT molecular complexity index is 805. The summed E-state index contributed by atoms with van der Waals surface area (Å²) >= 11 is 0. The third-order valence-corrected chi connectivity index (χ3v) is 5.30. The SMILES string of the molecule is Cl.NCc1ccc(C(=O)N2CCN(c3cc(N4CCOCC4)ncn3)CC2)cc1. The third kappa shape index (κ3) is 4.95. The maximum atomic E-state index is 12.7. The Labute approximate surface area is 177 Å². The van der Waals surface area contributed by atoms with Crippen molar-refractivity contribution in [3.8, 4) is 0 Å². The van der Waals surface area contributed by atoms with Crippen LogP contribution in [0.1, 0.15) is 15.9 Å². The van der Waals surface area contributed by atoms with Crippen molar-refractivity contribution in [2.45, 2.75) is 6.54 Å². The van der Waals surface area contributed by atoms with E-state index in [1.165, 1.54) is 0 Å². The Morgan fingerprint density at radius 2 is 1.52 bits per heavy atom. The summed E-state index contributed by atoms with van der Waals surface area (Å²) in [7, 11) is 0. The first kappa shape index (κ1) is 21.3. The van der Waals surface area contributed by atoms with Gasteiger partial charge in [0.2, 0.25) is 0 Å². The quantitative estimate of drug-likeness (QED) is 0.796. The molecule has 2 aliphatic heterocycles. The van der Waals surface area contributed by atoms with E-state index in [-0.39, 0.29) is 18.3 Å². The fraction of sp³-hybridized carbons (Fsp3) is 0.450. The van der Waals surface area contributed by atoms with Crippen molar-refractivity contribution in [3.63, 3.8) is 0 Å². The Kier molecular flexibility index (Phi) is 7.24. The molecule has 2 fully saturated rings. The summed E-state index contributed by atoms with van der Waals surface area (Å²) in [6.45, 7) is 6.50. The fourth-order valence-electron chi connectivity index (χ4n) is 3.58. The Morgan fingerprint density at radius 1 is 0.931 bits per heavy atom. The molecule has 1 amide bonds. The Morgan fingerprint density at radius 3 is 2.10 bits per heavy atom. The molecule has 2 aromatic rings. The number of carbonyl (C=O) groups is 1. The number of anilines is 2. The van der Waals surface area contributed by atoms with E-state index in [1.54, 1.807) is 6.33 Å². The van der Waals surface area contributed by atoms with Gasteiger partial charge in [-0.2, -0.15) is 0 Å². The molecular weight excluding hydrogens is 392 g/mol. The highest BCUT2D eigenvalue weighted by molar-refractivity contribution is 5.94. The molecule has 2 saturated heterocycles. The van der Waals surface area contributed by atoms with Gasteiger partial charge in [0.25, 0.3) is 5.91 Å². The first-order valence-electron chi connectivity index (χ1n) is 9.72. The number of carbonyl (C=O) groups excluding carboxylic acids is 1. The van der Waals surface area contributed by atoms with Crippen LogP contribution in [0.5, 0.6) is 0 Å². The topological polar surface area (TPSA) is 87.8 Å². The molecule has 0 saturated carbocycles. The van der Waals surface area contributed by atoms with Gasteiger partial charge < -0.3 is 25.2 Å². The monoisotopic (exact) mass is 418 g/mol. The van der Waals surface area contributed by atoms with Crippen LogP contribution in [-0.4, -0.2) is 73.3 Å². The van der Waals surface area contributed by atoms with Crippen molar-refractivity contribution in [2.75, 3.05) is 62.3 Å². The van der Waals surface area contributed by atoms with Gasteiger partial charge in [0.15, 0.2) is 0 Å². The van der Waals surface area contributed by atoms with Gasteiger partial charge in [-0.25, -0.2) is 9.97 Å². The van der Waals surface area contributed by atoms with Crippen LogP contribution in [0.4, 0.5) is 11.6 Å². The molecule has 0 aliphatic carbocycles. The van der Waals surface area contributed by atoms with E-state index in [1.807, 2.05) is 35.2 Å². The number of ether oxygens (including phenoxy) is 1. The highest BCUT2D eigenvalue weighted by atomic mass is 35.5. The molecule has 8 nitrogen and oxygen atoms in total. The molecule has 0 radical (unpaired) electrons. The molecule has 2 N–H and O–H groups in total. The predicted molar refractivity (Wildman–Crippen MR) is 115 cm³/mol. The predicted octanol–water partition coefficient (Wildman–Crippen LogP) is 1.16. The van der Waals surface area contributed by atoms with Crippen LogP contribution in [0.15, 0.2) is 36.7 Å². The van der Waals surface area contributed by atoms with Gasteiger partial charge in [-0.1, -0.05) is 12.1 Å². The zero-order valence-electron chi connectivity index (χ0n) is 16.4. The van der Waals surface area contributed by atoms with E-state index in [0.717, 1.165) is 56.6 Å². The van der Waals surface area contributed by atoms with Crippen molar-refractivity contribution in [2.24, 2.45) is 5.73 Å². The van der Waals surface area contributed by atoms with Gasteiger partial charge in [-0.05, 0) is 17.7 Å². The summed E-state index contributed by atoms with van der Waals surface area (Å²) in [5.41, 5.74) is 7.37. The molecule has 3 heterocycles. The van der Waals surface area contributed by atoms with Crippen LogP contribution in [0.2, 0.25) is 0 Å². The third-order valence-electron chi connectivity index (χ3n) is 5.30. The zero-order chi connectivity index (χ0) is 19.3. The van der Waals surface area contributed by atoms with Gasteiger partial charge in [0, 0.05) is 57.4 Å². The number of amides is 1. The van der Waals surface area contributed by atoms with E-state index in [2.05, 4.69) is 19.8 Å². The van der Waals surface area contributed by atoms with Crippen LogP contribution >= 0.6 is 12.4 Å². The normalized spacial score (nSPS) is 17.1. The van der Waals surface area contributed by atoms with Gasteiger partial charge >= 0.3 is 0 Å². The van der Waals surface area contributed by atoms with Gasteiger partial charge in [-0.15, -0.1) is 12.4 Å². The van der Waals surface area contributed by atoms with Crippen molar-refractivity contribution in [1.82, 2.24) is 14.9 Å². The number of benzene rings is 1. The maximum Gasteiger partial charge on any atom is 0.253 e. The average Bonchev–Trinajstić information content (AvgIpc) is 2.79. The number of rotatable bonds is 4. The maximum absolute atomic E-state index is 12.7. The van der Waals surface area contributed by atoms with E-state index in [4.69, 9.17) is 10.5 Å². The number of halogens is 1. The molecule has 0 bridgehead atoms. The van der Waals surface area contributed by atoms with Crippen LogP contribution < -0.4 is 15.5 Å².